The molecule has 0 radical (unpaired) electrons. The van der Waals surface area contributed by atoms with Gasteiger partial charge in [-0.15, -0.1) is 0 Å². The molecular formula is C7H9BrO. The molecule has 50 valence electrons. The third kappa shape index (κ3) is 1.43. The van der Waals surface area contributed by atoms with Crippen LogP contribution in [0.1, 0.15) is 6.92 Å². The molecular weight excluding hydrogens is 180 g/mol. The Hall–Kier alpha value is -0.0800. The summed E-state index contributed by atoms with van der Waals surface area (Å²) in [6.45, 7) is 1.98. The zero-order chi connectivity index (χ0) is 6.85. The molecule has 9 heavy (non-hydrogen) atoms. The summed E-state index contributed by atoms with van der Waals surface area (Å²) in [4.78, 5) is 0. The minimum Gasteiger partial charge on any atom is -0.387 e. The summed E-state index contributed by atoms with van der Waals surface area (Å²) >= 11 is 3.25. The lowest BCUT2D eigenvalue weighted by Gasteiger charge is -2.17. The number of rotatable bonds is 0. The Morgan fingerprint density at radius 3 is 2.78 bits per heavy atom. The molecule has 0 spiro atoms. The van der Waals surface area contributed by atoms with E-state index >= 15 is 0 Å². The van der Waals surface area contributed by atoms with Gasteiger partial charge in [0.2, 0.25) is 0 Å². The second-order valence-electron chi connectivity index (χ2n) is 2.24. The first-order valence-corrected chi connectivity index (χ1v) is 3.73. The van der Waals surface area contributed by atoms with Crippen LogP contribution >= 0.6 is 15.9 Å². The summed E-state index contributed by atoms with van der Waals surface area (Å²) in [5.74, 6) is 0.240. The van der Waals surface area contributed by atoms with Gasteiger partial charge in [0, 0.05) is 10.4 Å². The highest BCUT2D eigenvalue weighted by Gasteiger charge is 2.15. The minimum absolute atomic E-state index is 0.240. The van der Waals surface area contributed by atoms with Crippen molar-refractivity contribution in [2.24, 2.45) is 5.92 Å². The fraction of sp³-hybridized carbons (Fsp3) is 0.429. The second kappa shape index (κ2) is 2.67. The number of aliphatic hydroxyl groups is 1. The summed E-state index contributed by atoms with van der Waals surface area (Å²) in [5, 5.41) is 9.28. The molecule has 0 aromatic heterocycles. The fourth-order valence-electron chi connectivity index (χ4n) is 0.778. The molecule has 2 atom stereocenters. The van der Waals surface area contributed by atoms with Crippen molar-refractivity contribution >= 4 is 15.9 Å². The second-order valence-corrected chi connectivity index (χ2v) is 3.16. The molecule has 1 N–H and O–H groups in total. The van der Waals surface area contributed by atoms with Gasteiger partial charge in [0.05, 0.1) is 6.10 Å². The predicted molar refractivity (Wildman–Crippen MR) is 41.3 cm³/mol. The van der Waals surface area contributed by atoms with Gasteiger partial charge in [0.25, 0.3) is 0 Å². The molecule has 0 saturated carbocycles. The van der Waals surface area contributed by atoms with Crippen molar-refractivity contribution in [1.29, 1.82) is 0 Å². The Balaban J connectivity index is 2.73. The summed E-state index contributed by atoms with van der Waals surface area (Å²) in [7, 11) is 0. The van der Waals surface area contributed by atoms with E-state index in [0.29, 0.717) is 0 Å². The number of halogens is 1. The molecule has 1 nitrogen and oxygen atoms in total. The monoisotopic (exact) mass is 188 g/mol. The van der Waals surface area contributed by atoms with E-state index in [4.69, 9.17) is 0 Å². The van der Waals surface area contributed by atoms with Gasteiger partial charge in [-0.1, -0.05) is 35.0 Å². The van der Waals surface area contributed by atoms with Crippen molar-refractivity contribution in [3.8, 4) is 0 Å². The normalized spacial score (nSPS) is 34.3. The highest BCUT2D eigenvalue weighted by atomic mass is 79.9. The van der Waals surface area contributed by atoms with E-state index < -0.39 is 0 Å². The van der Waals surface area contributed by atoms with Gasteiger partial charge in [-0.2, -0.15) is 0 Å². The molecule has 1 unspecified atom stereocenters. The van der Waals surface area contributed by atoms with Crippen LogP contribution < -0.4 is 0 Å². The molecule has 1 aliphatic carbocycles. The van der Waals surface area contributed by atoms with Crippen LogP contribution in [-0.2, 0) is 0 Å². The van der Waals surface area contributed by atoms with Gasteiger partial charge < -0.3 is 5.11 Å². The minimum atomic E-state index is -0.338. The van der Waals surface area contributed by atoms with Gasteiger partial charge in [-0.05, 0) is 6.08 Å². The molecule has 0 aromatic carbocycles. The van der Waals surface area contributed by atoms with Crippen molar-refractivity contribution in [2.45, 2.75) is 13.0 Å². The SMILES string of the molecule is C[C@H]1C=CC=C(Br)C1O. The fourth-order valence-corrected chi connectivity index (χ4v) is 1.35. The number of aliphatic hydroxyl groups excluding tert-OH is 1. The van der Waals surface area contributed by atoms with E-state index in [1.54, 1.807) is 0 Å². The Kier molecular flexibility index (Phi) is 2.09. The maximum Gasteiger partial charge on any atom is 0.0914 e. The molecule has 0 saturated heterocycles. The molecule has 0 heterocycles. The van der Waals surface area contributed by atoms with Crippen LogP contribution in [0.5, 0.6) is 0 Å². The van der Waals surface area contributed by atoms with Crippen LogP contribution in [0.15, 0.2) is 22.7 Å². The van der Waals surface area contributed by atoms with Crippen LogP contribution in [-0.4, -0.2) is 11.2 Å². The summed E-state index contributed by atoms with van der Waals surface area (Å²) in [6.07, 6.45) is 5.46. The number of hydrogen-bond acceptors (Lipinski definition) is 1. The number of hydrogen-bond donors (Lipinski definition) is 1. The van der Waals surface area contributed by atoms with Crippen molar-refractivity contribution in [3.05, 3.63) is 22.7 Å². The standard InChI is InChI=1S/C7H9BrO/c1-5-3-2-4-6(8)7(5)9/h2-5,7,9H,1H3/t5-,7?/m0/s1. The van der Waals surface area contributed by atoms with Crippen molar-refractivity contribution in [3.63, 3.8) is 0 Å². The van der Waals surface area contributed by atoms with Crippen molar-refractivity contribution in [1.82, 2.24) is 0 Å². The molecule has 0 fully saturated rings. The van der Waals surface area contributed by atoms with Crippen LogP contribution in [0.25, 0.3) is 0 Å². The lowest BCUT2D eigenvalue weighted by atomic mass is 10.0. The topological polar surface area (TPSA) is 20.2 Å². The number of allylic oxidation sites excluding steroid dienone is 2. The van der Waals surface area contributed by atoms with Gasteiger partial charge in [-0.25, -0.2) is 0 Å². The average Bonchev–Trinajstić information content (AvgIpc) is 1.83. The Labute approximate surface area is 63.2 Å². The van der Waals surface area contributed by atoms with Crippen LogP contribution in [0.3, 0.4) is 0 Å². The molecule has 1 rings (SSSR count). The highest BCUT2D eigenvalue weighted by molar-refractivity contribution is 9.11. The Morgan fingerprint density at radius 2 is 2.33 bits per heavy atom. The summed E-state index contributed by atoms with van der Waals surface area (Å²) < 4.78 is 0.873. The van der Waals surface area contributed by atoms with E-state index in [-0.39, 0.29) is 12.0 Å². The third-order valence-corrected chi connectivity index (χ3v) is 2.18. The molecule has 1 aliphatic rings. The molecule has 2 heteroatoms. The predicted octanol–water partition coefficient (Wildman–Crippen LogP) is 1.83. The van der Waals surface area contributed by atoms with Gasteiger partial charge in [0.1, 0.15) is 0 Å². The maximum absolute atomic E-state index is 9.28. The van der Waals surface area contributed by atoms with Gasteiger partial charge in [-0.3, -0.25) is 0 Å². The van der Waals surface area contributed by atoms with Crippen molar-refractivity contribution < 1.29 is 5.11 Å². The largest absolute Gasteiger partial charge is 0.387 e. The first-order valence-electron chi connectivity index (χ1n) is 2.94. The molecule has 0 bridgehead atoms. The summed E-state index contributed by atoms with van der Waals surface area (Å²) in [5.41, 5.74) is 0. The zero-order valence-electron chi connectivity index (χ0n) is 5.21. The molecule has 0 aromatic rings. The van der Waals surface area contributed by atoms with E-state index in [0.717, 1.165) is 4.48 Å². The van der Waals surface area contributed by atoms with Crippen molar-refractivity contribution in [2.75, 3.05) is 0 Å². The molecule has 0 aliphatic heterocycles. The van der Waals surface area contributed by atoms with Gasteiger partial charge >= 0.3 is 0 Å². The average molecular weight is 189 g/mol. The zero-order valence-corrected chi connectivity index (χ0v) is 6.80. The first-order chi connectivity index (χ1) is 4.22. The Morgan fingerprint density at radius 1 is 1.67 bits per heavy atom. The first kappa shape index (κ1) is 7.03. The highest BCUT2D eigenvalue weighted by Crippen LogP contribution is 2.22. The lowest BCUT2D eigenvalue weighted by molar-refractivity contribution is 0.181. The lowest BCUT2D eigenvalue weighted by Crippen LogP contribution is -2.17. The third-order valence-electron chi connectivity index (χ3n) is 1.45. The van der Waals surface area contributed by atoms with Crippen LogP contribution in [0.4, 0.5) is 0 Å². The quantitative estimate of drug-likeness (QED) is 0.616. The van der Waals surface area contributed by atoms with Gasteiger partial charge in [0.15, 0.2) is 0 Å². The van der Waals surface area contributed by atoms with E-state index in [2.05, 4.69) is 15.9 Å². The Bertz CT molecular complexity index is 160. The van der Waals surface area contributed by atoms with Crippen LogP contribution in [0.2, 0.25) is 0 Å². The van der Waals surface area contributed by atoms with E-state index in [1.165, 1.54) is 0 Å². The van der Waals surface area contributed by atoms with Crippen LogP contribution in [0, 0.1) is 5.92 Å². The molecule has 0 amide bonds. The maximum atomic E-state index is 9.28. The smallest absolute Gasteiger partial charge is 0.0914 e. The van der Waals surface area contributed by atoms with E-state index in [9.17, 15) is 5.11 Å². The van der Waals surface area contributed by atoms with E-state index in [1.807, 2.05) is 25.2 Å². The summed E-state index contributed by atoms with van der Waals surface area (Å²) in [6, 6.07) is 0.